The fraction of sp³-hybridized carbons (Fsp3) is 0.294. The number of nitrogens with one attached hydrogen (secondary N) is 1. The lowest BCUT2D eigenvalue weighted by Crippen LogP contribution is -2.80. The predicted molar refractivity (Wildman–Crippen MR) is 170 cm³/mol. The van der Waals surface area contributed by atoms with E-state index in [4.69, 9.17) is 9.73 Å². The van der Waals surface area contributed by atoms with Crippen LogP contribution in [0.25, 0.3) is 22.2 Å². The number of carbonyl (C=O) groups excluding carboxylic acids is 1. The van der Waals surface area contributed by atoms with Gasteiger partial charge in [0, 0.05) is 55.4 Å². The number of H-pyrrole nitrogens is 1. The number of carbonyl (C=O) groups is 1. The third-order valence-corrected chi connectivity index (χ3v) is 9.07. The molecule has 2 fully saturated rings. The molecule has 4 aliphatic rings. The van der Waals surface area contributed by atoms with Gasteiger partial charge in [0.15, 0.2) is 5.82 Å². The molecule has 10 nitrogen and oxygen atoms in total. The van der Waals surface area contributed by atoms with E-state index < -0.39 is 5.60 Å². The molecule has 0 radical (unpaired) electrons. The number of hydrogen-bond donors (Lipinski definition) is 1. The molecule has 8 rings (SSSR count). The SMILES string of the molecule is CN1C(c2ccncc2)C(c2ccc(F)c3[nH]ncc23)=C2N=CC=C(c3ccc(N4C[C@@H]5C4CN5C(=O)OC(C)(C)C)cc3)N21. The van der Waals surface area contributed by atoms with Crippen LogP contribution in [0.3, 0.4) is 0 Å². The Morgan fingerprint density at radius 1 is 1.02 bits per heavy atom. The molecule has 6 heterocycles. The van der Waals surface area contributed by atoms with Gasteiger partial charge in [-0.05, 0) is 73.9 Å². The second kappa shape index (κ2) is 10.00. The van der Waals surface area contributed by atoms with Crippen LogP contribution in [0.4, 0.5) is 14.9 Å². The maximum atomic E-state index is 14.7. The van der Waals surface area contributed by atoms with Crippen molar-refractivity contribution in [3.63, 3.8) is 0 Å². The summed E-state index contributed by atoms with van der Waals surface area (Å²) in [6, 6.07) is 16.2. The molecular weight excluding hydrogens is 571 g/mol. The van der Waals surface area contributed by atoms with Gasteiger partial charge in [-0.15, -0.1) is 0 Å². The van der Waals surface area contributed by atoms with Gasteiger partial charge in [-0.1, -0.05) is 18.2 Å². The number of aromatic amines is 1. The maximum Gasteiger partial charge on any atom is 0.410 e. The van der Waals surface area contributed by atoms with Crippen molar-refractivity contribution in [3.05, 3.63) is 102 Å². The molecule has 11 heteroatoms. The van der Waals surface area contributed by atoms with Crippen LogP contribution in [0, 0.1) is 5.82 Å². The average Bonchev–Trinajstić information content (AvgIpc) is 3.62. The number of allylic oxidation sites excluding steroid dienone is 1. The van der Waals surface area contributed by atoms with E-state index >= 15 is 0 Å². The van der Waals surface area contributed by atoms with E-state index in [1.165, 1.54) is 6.07 Å². The quantitative estimate of drug-likeness (QED) is 0.324. The number of piperazine rings is 1. The van der Waals surface area contributed by atoms with Crippen LogP contribution in [0.1, 0.15) is 43.5 Å². The van der Waals surface area contributed by atoms with Gasteiger partial charge >= 0.3 is 6.09 Å². The molecule has 0 saturated carbocycles. The molecule has 2 aromatic heterocycles. The normalized spacial score (nSPS) is 22.6. The number of rotatable bonds is 4. The summed E-state index contributed by atoms with van der Waals surface area (Å²) < 4.78 is 20.3. The van der Waals surface area contributed by atoms with E-state index in [1.54, 1.807) is 18.6 Å². The van der Waals surface area contributed by atoms with Crippen LogP contribution in [0.15, 0.2) is 84.0 Å². The first-order chi connectivity index (χ1) is 21.7. The highest BCUT2D eigenvalue weighted by atomic mass is 19.1. The molecular formula is C34H33FN8O2. The zero-order chi connectivity index (χ0) is 31.0. The highest BCUT2D eigenvalue weighted by molar-refractivity contribution is 5.97. The second-order valence-corrected chi connectivity index (χ2v) is 12.9. The number of aliphatic imine (C=N–C) groups is 1. The third kappa shape index (κ3) is 4.33. The van der Waals surface area contributed by atoms with Gasteiger partial charge in [0.25, 0.3) is 0 Å². The van der Waals surface area contributed by atoms with Crippen molar-refractivity contribution >= 4 is 40.2 Å². The van der Waals surface area contributed by atoms with E-state index in [9.17, 15) is 9.18 Å². The number of fused-ring (bicyclic) bond motifs is 3. The van der Waals surface area contributed by atoms with Gasteiger partial charge in [-0.3, -0.25) is 20.0 Å². The number of halogens is 1. The number of pyridine rings is 1. The van der Waals surface area contributed by atoms with E-state index in [0.717, 1.165) is 46.0 Å². The smallest absolute Gasteiger partial charge is 0.410 e. The first-order valence-electron chi connectivity index (χ1n) is 15.1. The molecule has 0 aliphatic carbocycles. The number of likely N-dealkylation sites (tertiary alicyclic amines) is 1. The fourth-order valence-corrected chi connectivity index (χ4v) is 6.90. The highest BCUT2D eigenvalue weighted by Gasteiger charge is 2.54. The van der Waals surface area contributed by atoms with E-state index in [-0.39, 0.29) is 24.0 Å². The first-order valence-corrected chi connectivity index (χ1v) is 15.1. The highest BCUT2D eigenvalue weighted by Crippen LogP contribution is 2.50. The summed E-state index contributed by atoms with van der Waals surface area (Å²) in [5.74, 6) is 0.429. The standard InChI is InChI=1S/C34H33FN8O2/c1-34(2,3)45-33(44)42-19-27-28(42)18-41(27)22-7-5-20(6-8-22)26-13-16-37-32-29(23-9-10-25(35)30-24(23)17-38-39-30)31(40(4)43(26)32)21-11-14-36-15-12-21/h5-17,27-28,31H,18-19H2,1-4H3,(H,38,39)/t27?,28-,31?/m1/s1. The summed E-state index contributed by atoms with van der Waals surface area (Å²) in [6.07, 6.45) is 8.85. The zero-order valence-electron chi connectivity index (χ0n) is 25.5. The lowest BCUT2D eigenvalue weighted by molar-refractivity contribution is -0.0309. The molecule has 2 unspecified atom stereocenters. The van der Waals surface area contributed by atoms with Crippen molar-refractivity contribution in [2.45, 2.75) is 44.5 Å². The summed E-state index contributed by atoms with van der Waals surface area (Å²) in [6.45, 7) is 7.14. The van der Waals surface area contributed by atoms with Gasteiger partial charge in [0.1, 0.15) is 16.9 Å². The Balaban J connectivity index is 1.10. The minimum absolute atomic E-state index is 0.194. The lowest BCUT2D eigenvalue weighted by atomic mass is 9.85. The largest absolute Gasteiger partial charge is 0.444 e. The summed E-state index contributed by atoms with van der Waals surface area (Å²) in [4.78, 5) is 25.8. The van der Waals surface area contributed by atoms with Crippen molar-refractivity contribution in [2.75, 3.05) is 25.0 Å². The molecule has 2 saturated heterocycles. The summed E-state index contributed by atoms with van der Waals surface area (Å²) >= 11 is 0. The van der Waals surface area contributed by atoms with E-state index in [1.807, 2.05) is 63.2 Å². The van der Waals surface area contributed by atoms with E-state index in [0.29, 0.717) is 23.5 Å². The van der Waals surface area contributed by atoms with Crippen LogP contribution in [-0.4, -0.2) is 80.2 Å². The molecule has 1 amide bonds. The Hall–Kier alpha value is -5.03. The Morgan fingerprint density at radius 2 is 1.80 bits per heavy atom. The summed E-state index contributed by atoms with van der Waals surface area (Å²) in [5, 5.41) is 12.0. The monoisotopic (exact) mass is 604 g/mol. The number of aromatic nitrogens is 3. The fourth-order valence-electron chi connectivity index (χ4n) is 6.90. The molecule has 2 aromatic carbocycles. The van der Waals surface area contributed by atoms with Gasteiger partial charge in [0.05, 0.1) is 30.0 Å². The minimum Gasteiger partial charge on any atom is -0.444 e. The van der Waals surface area contributed by atoms with Crippen molar-refractivity contribution in [1.82, 2.24) is 30.1 Å². The molecule has 3 atom stereocenters. The predicted octanol–water partition coefficient (Wildman–Crippen LogP) is 5.60. The minimum atomic E-state index is -0.498. The van der Waals surface area contributed by atoms with Crippen LogP contribution < -0.4 is 4.90 Å². The van der Waals surface area contributed by atoms with Crippen molar-refractivity contribution in [1.29, 1.82) is 0 Å². The maximum absolute atomic E-state index is 14.7. The number of benzene rings is 2. The van der Waals surface area contributed by atoms with Crippen molar-refractivity contribution in [2.24, 2.45) is 4.99 Å². The van der Waals surface area contributed by atoms with Crippen LogP contribution in [0.5, 0.6) is 0 Å². The first kappa shape index (κ1) is 27.5. The number of hydrogen-bond acceptors (Lipinski definition) is 8. The van der Waals surface area contributed by atoms with Crippen LogP contribution >= 0.6 is 0 Å². The van der Waals surface area contributed by atoms with Gasteiger partial charge in [-0.25, -0.2) is 19.2 Å². The molecule has 0 bridgehead atoms. The number of anilines is 1. The molecule has 1 N–H and O–H groups in total. The average molecular weight is 605 g/mol. The van der Waals surface area contributed by atoms with Crippen molar-refractivity contribution in [3.8, 4) is 0 Å². The van der Waals surface area contributed by atoms with Gasteiger partial charge in [0.2, 0.25) is 0 Å². The van der Waals surface area contributed by atoms with Gasteiger partial charge < -0.3 is 9.64 Å². The Bertz CT molecular complexity index is 1910. The topological polar surface area (TPSA) is 93.2 Å². The summed E-state index contributed by atoms with van der Waals surface area (Å²) in [5.41, 5.74) is 5.89. The summed E-state index contributed by atoms with van der Waals surface area (Å²) in [7, 11) is 2.05. The number of likely N-dealkylation sites (N-methyl/N-ethyl adjacent to an activating group) is 1. The number of hydrazine groups is 1. The van der Waals surface area contributed by atoms with Crippen LogP contribution in [-0.2, 0) is 4.74 Å². The molecule has 4 aliphatic heterocycles. The molecule has 228 valence electrons. The Morgan fingerprint density at radius 3 is 2.51 bits per heavy atom. The van der Waals surface area contributed by atoms with Crippen LogP contribution in [0.2, 0.25) is 0 Å². The second-order valence-electron chi connectivity index (χ2n) is 12.9. The Kier molecular flexibility index (Phi) is 6.11. The van der Waals surface area contributed by atoms with E-state index in [2.05, 4.69) is 54.4 Å². The Labute approximate surface area is 260 Å². The number of amides is 1. The van der Waals surface area contributed by atoms with Crippen molar-refractivity contribution < 1.29 is 13.9 Å². The lowest BCUT2D eigenvalue weighted by Gasteiger charge is -2.62. The molecule has 0 spiro atoms. The third-order valence-electron chi connectivity index (χ3n) is 9.07. The van der Waals surface area contributed by atoms with Gasteiger partial charge in [-0.2, -0.15) is 5.10 Å². The molecule has 45 heavy (non-hydrogen) atoms. The number of nitrogens with zero attached hydrogens (tertiary/aromatic N) is 7. The molecule has 4 aromatic rings. The number of ether oxygens (including phenoxy) is 1. The zero-order valence-corrected chi connectivity index (χ0v) is 25.5.